The quantitative estimate of drug-likeness (QED) is 0.896. The molecule has 0 saturated heterocycles. The van der Waals surface area contributed by atoms with Gasteiger partial charge in [-0.3, -0.25) is 15.0 Å². The predicted octanol–water partition coefficient (Wildman–Crippen LogP) is 3.22. The summed E-state index contributed by atoms with van der Waals surface area (Å²) in [4.78, 5) is 25.0. The summed E-state index contributed by atoms with van der Waals surface area (Å²) in [6, 6.07) is 14.5. The SMILES string of the molecule is CCC1Nc2ccc(Cl)cc2C(=O)N1NC(=O)Cc1ccccc1. The number of benzene rings is 2. The van der Waals surface area contributed by atoms with Crippen LogP contribution in [0, 0.1) is 0 Å². The Bertz CT molecular complexity index is 764. The molecule has 2 N–H and O–H groups in total. The average molecular weight is 344 g/mol. The zero-order valence-electron chi connectivity index (χ0n) is 13.3. The van der Waals surface area contributed by atoms with Gasteiger partial charge in [-0.25, -0.2) is 5.01 Å². The summed E-state index contributed by atoms with van der Waals surface area (Å²) in [7, 11) is 0. The lowest BCUT2D eigenvalue weighted by Crippen LogP contribution is -2.57. The van der Waals surface area contributed by atoms with Crippen LogP contribution in [0.4, 0.5) is 5.69 Å². The first kappa shape index (κ1) is 16.3. The van der Waals surface area contributed by atoms with Crippen LogP contribution in [0.5, 0.6) is 0 Å². The molecule has 0 aliphatic carbocycles. The van der Waals surface area contributed by atoms with Crippen LogP contribution in [0.1, 0.15) is 29.3 Å². The molecule has 6 heteroatoms. The lowest BCUT2D eigenvalue weighted by atomic mass is 10.1. The van der Waals surface area contributed by atoms with Gasteiger partial charge in [-0.05, 0) is 30.2 Å². The fraction of sp³-hybridized carbons (Fsp3) is 0.222. The molecule has 0 spiro atoms. The summed E-state index contributed by atoms with van der Waals surface area (Å²) in [5.41, 5.74) is 4.79. The zero-order chi connectivity index (χ0) is 17.1. The minimum absolute atomic E-state index is 0.212. The van der Waals surface area contributed by atoms with Crippen molar-refractivity contribution in [2.45, 2.75) is 25.9 Å². The molecule has 0 fully saturated rings. The molecule has 1 aliphatic rings. The Morgan fingerprint density at radius 2 is 2.00 bits per heavy atom. The van der Waals surface area contributed by atoms with E-state index in [1.54, 1.807) is 18.2 Å². The fourth-order valence-corrected chi connectivity index (χ4v) is 2.88. The van der Waals surface area contributed by atoms with E-state index in [1.165, 1.54) is 5.01 Å². The molecule has 1 unspecified atom stereocenters. The number of nitrogens with zero attached hydrogens (tertiary/aromatic N) is 1. The highest BCUT2D eigenvalue weighted by Gasteiger charge is 2.32. The second-order valence-electron chi connectivity index (χ2n) is 5.63. The van der Waals surface area contributed by atoms with E-state index in [0.717, 1.165) is 11.3 Å². The number of nitrogens with one attached hydrogen (secondary N) is 2. The molecular formula is C18H18ClN3O2. The van der Waals surface area contributed by atoms with Gasteiger partial charge in [0.05, 0.1) is 12.0 Å². The number of halogens is 1. The van der Waals surface area contributed by atoms with Crippen LogP contribution in [-0.4, -0.2) is 23.0 Å². The molecule has 2 amide bonds. The summed E-state index contributed by atoms with van der Waals surface area (Å²) in [6.07, 6.45) is 0.564. The Hall–Kier alpha value is -2.53. The highest BCUT2D eigenvalue weighted by atomic mass is 35.5. The molecule has 2 aromatic carbocycles. The number of rotatable bonds is 4. The lowest BCUT2D eigenvalue weighted by molar-refractivity contribution is -0.125. The summed E-state index contributed by atoms with van der Waals surface area (Å²) in [5.74, 6) is -0.500. The van der Waals surface area contributed by atoms with Crippen molar-refractivity contribution in [3.05, 3.63) is 64.7 Å². The van der Waals surface area contributed by atoms with Gasteiger partial charge in [0.15, 0.2) is 0 Å². The third-order valence-electron chi connectivity index (χ3n) is 3.90. The summed E-state index contributed by atoms with van der Waals surface area (Å²) < 4.78 is 0. The topological polar surface area (TPSA) is 61.4 Å². The highest BCUT2D eigenvalue weighted by molar-refractivity contribution is 6.31. The first-order valence-electron chi connectivity index (χ1n) is 7.81. The van der Waals surface area contributed by atoms with Crippen molar-refractivity contribution in [2.75, 3.05) is 5.32 Å². The van der Waals surface area contributed by atoms with E-state index >= 15 is 0 Å². The van der Waals surface area contributed by atoms with E-state index in [-0.39, 0.29) is 24.4 Å². The zero-order valence-corrected chi connectivity index (χ0v) is 14.0. The molecule has 3 rings (SSSR count). The molecule has 24 heavy (non-hydrogen) atoms. The number of hydrogen-bond acceptors (Lipinski definition) is 3. The van der Waals surface area contributed by atoms with Crippen LogP contribution in [0.15, 0.2) is 48.5 Å². The molecular weight excluding hydrogens is 326 g/mol. The maximum absolute atomic E-state index is 12.7. The lowest BCUT2D eigenvalue weighted by Gasteiger charge is -2.37. The second-order valence-corrected chi connectivity index (χ2v) is 6.07. The van der Waals surface area contributed by atoms with Gasteiger partial charge < -0.3 is 5.32 Å². The predicted molar refractivity (Wildman–Crippen MR) is 93.6 cm³/mol. The Morgan fingerprint density at radius 3 is 2.71 bits per heavy atom. The molecule has 124 valence electrons. The van der Waals surface area contributed by atoms with Gasteiger partial charge in [-0.15, -0.1) is 0 Å². The Kier molecular flexibility index (Phi) is 4.71. The van der Waals surface area contributed by atoms with Crippen molar-refractivity contribution in [3.63, 3.8) is 0 Å². The van der Waals surface area contributed by atoms with Crippen molar-refractivity contribution in [3.8, 4) is 0 Å². The van der Waals surface area contributed by atoms with Gasteiger partial charge in [0, 0.05) is 10.7 Å². The average Bonchev–Trinajstić information content (AvgIpc) is 2.58. The molecule has 0 saturated carbocycles. The van der Waals surface area contributed by atoms with Crippen LogP contribution in [0.25, 0.3) is 0 Å². The maximum atomic E-state index is 12.7. The molecule has 1 heterocycles. The molecule has 0 bridgehead atoms. The summed E-state index contributed by atoms with van der Waals surface area (Å²) in [6.45, 7) is 1.95. The molecule has 1 aliphatic heterocycles. The Morgan fingerprint density at radius 1 is 1.25 bits per heavy atom. The molecule has 0 aromatic heterocycles. The summed E-state index contributed by atoms with van der Waals surface area (Å²) >= 11 is 5.99. The van der Waals surface area contributed by atoms with Crippen molar-refractivity contribution in [1.29, 1.82) is 0 Å². The van der Waals surface area contributed by atoms with Gasteiger partial charge >= 0.3 is 0 Å². The minimum Gasteiger partial charge on any atom is -0.363 e. The number of carbonyl (C=O) groups is 2. The Labute approximate surface area is 145 Å². The van der Waals surface area contributed by atoms with E-state index in [0.29, 0.717) is 17.0 Å². The molecule has 5 nitrogen and oxygen atoms in total. The van der Waals surface area contributed by atoms with Crippen molar-refractivity contribution in [1.82, 2.24) is 10.4 Å². The first-order valence-corrected chi connectivity index (χ1v) is 8.19. The van der Waals surface area contributed by atoms with Crippen LogP contribution < -0.4 is 10.7 Å². The van der Waals surface area contributed by atoms with Crippen molar-refractivity contribution >= 4 is 29.1 Å². The van der Waals surface area contributed by atoms with E-state index < -0.39 is 0 Å². The third kappa shape index (κ3) is 3.36. The number of hydrogen-bond donors (Lipinski definition) is 2. The molecule has 2 aromatic rings. The van der Waals surface area contributed by atoms with Crippen LogP contribution in [0.2, 0.25) is 5.02 Å². The van der Waals surface area contributed by atoms with Gasteiger partial charge in [-0.1, -0.05) is 48.9 Å². The van der Waals surface area contributed by atoms with Crippen LogP contribution in [0.3, 0.4) is 0 Å². The molecule has 1 atom stereocenters. The fourth-order valence-electron chi connectivity index (χ4n) is 2.70. The van der Waals surface area contributed by atoms with Crippen molar-refractivity contribution in [2.24, 2.45) is 0 Å². The van der Waals surface area contributed by atoms with Crippen molar-refractivity contribution < 1.29 is 9.59 Å². The number of hydrazine groups is 1. The standard InChI is InChI=1S/C18H18ClN3O2/c1-2-16-20-15-9-8-13(19)11-14(15)18(24)22(16)21-17(23)10-12-6-4-3-5-7-12/h3-9,11,16,20H,2,10H2,1H3,(H,21,23). The van der Waals surface area contributed by atoms with Gasteiger partial charge in [0.2, 0.25) is 5.91 Å². The molecule has 0 radical (unpaired) electrons. The van der Waals surface area contributed by atoms with E-state index in [4.69, 9.17) is 11.6 Å². The smallest absolute Gasteiger partial charge is 0.276 e. The first-order chi connectivity index (χ1) is 11.6. The maximum Gasteiger partial charge on any atom is 0.276 e. The van der Waals surface area contributed by atoms with Gasteiger partial charge in [-0.2, -0.15) is 0 Å². The Balaban J connectivity index is 1.78. The van der Waals surface area contributed by atoms with Crippen LogP contribution in [-0.2, 0) is 11.2 Å². The van der Waals surface area contributed by atoms with E-state index in [1.807, 2.05) is 37.3 Å². The second kappa shape index (κ2) is 6.93. The van der Waals surface area contributed by atoms with Crippen LogP contribution >= 0.6 is 11.6 Å². The number of anilines is 1. The normalized spacial score (nSPS) is 16.3. The summed E-state index contributed by atoms with van der Waals surface area (Å²) in [5, 5.41) is 5.09. The largest absolute Gasteiger partial charge is 0.363 e. The van der Waals surface area contributed by atoms with E-state index in [9.17, 15) is 9.59 Å². The van der Waals surface area contributed by atoms with Gasteiger partial charge in [0.25, 0.3) is 5.91 Å². The monoisotopic (exact) mass is 343 g/mol. The number of amides is 2. The van der Waals surface area contributed by atoms with Gasteiger partial charge in [0.1, 0.15) is 6.17 Å². The number of fused-ring (bicyclic) bond motifs is 1. The number of carbonyl (C=O) groups excluding carboxylic acids is 2. The third-order valence-corrected chi connectivity index (χ3v) is 4.14. The minimum atomic E-state index is -0.300. The highest BCUT2D eigenvalue weighted by Crippen LogP contribution is 2.28. The van der Waals surface area contributed by atoms with E-state index in [2.05, 4.69) is 10.7 Å².